The van der Waals surface area contributed by atoms with E-state index in [-0.39, 0.29) is 24.1 Å². The molecule has 4 aromatic rings. The van der Waals surface area contributed by atoms with Crippen molar-refractivity contribution in [3.8, 4) is 11.8 Å². The summed E-state index contributed by atoms with van der Waals surface area (Å²) in [4.78, 5) is 67.0. The zero-order valence-corrected chi connectivity index (χ0v) is 52.1. The molecule has 79 heavy (non-hydrogen) atoms. The van der Waals surface area contributed by atoms with Gasteiger partial charge in [-0.05, 0) is 206 Å². The summed E-state index contributed by atoms with van der Waals surface area (Å²) in [6, 6.07) is 4.12. The molecule has 0 saturated carbocycles. The van der Waals surface area contributed by atoms with E-state index in [4.69, 9.17) is 23.7 Å². The first-order valence-corrected chi connectivity index (χ1v) is 29.8. The molecule has 2 fully saturated rings. The van der Waals surface area contributed by atoms with Crippen molar-refractivity contribution in [1.82, 2.24) is 30.4 Å². The Balaban J connectivity index is 0.000000291. The van der Waals surface area contributed by atoms with E-state index in [1.54, 1.807) is 41.8 Å². The number of ether oxygens (including phenoxy) is 5. The molecular formula is C61H92N6O10S2. The summed E-state index contributed by atoms with van der Waals surface area (Å²) in [5.41, 5.74) is 8.43. The molecule has 0 bridgehead atoms. The van der Waals surface area contributed by atoms with E-state index in [1.807, 2.05) is 74.1 Å². The summed E-state index contributed by atoms with van der Waals surface area (Å²) in [5, 5.41) is 17.0. The van der Waals surface area contributed by atoms with Gasteiger partial charge in [0.15, 0.2) is 0 Å². The Labute approximate surface area is 479 Å². The summed E-state index contributed by atoms with van der Waals surface area (Å²) < 4.78 is 27.2. The van der Waals surface area contributed by atoms with Crippen molar-refractivity contribution in [3.63, 3.8) is 0 Å². The zero-order chi connectivity index (χ0) is 58.5. The second-order valence-electron chi connectivity index (χ2n) is 23.5. The van der Waals surface area contributed by atoms with Crippen LogP contribution in [0.25, 0.3) is 0 Å². The smallest absolute Gasteiger partial charge is 0.410 e. The molecule has 438 valence electrons. The van der Waals surface area contributed by atoms with Gasteiger partial charge in [0.2, 0.25) is 11.8 Å². The average Bonchev–Trinajstić information content (AvgIpc) is 3.96. The van der Waals surface area contributed by atoms with Gasteiger partial charge in [0.25, 0.3) is 0 Å². The number of likely N-dealkylation sites (tertiary alicyclic amines) is 2. The van der Waals surface area contributed by atoms with E-state index in [2.05, 4.69) is 60.4 Å². The highest BCUT2D eigenvalue weighted by Crippen LogP contribution is 2.43. The molecule has 18 heteroatoms. The standard InChI is InChI=1S/C31H47N3O5S.C30H45N3O5S/c1-19-17-20(2)33-28(37-8)24(19)18-32-14-10-11-25-26(29(35)38-9)22(4)27(40-25)21(3)23-12-15-34(16-13-23)30(36)39-31(5,6)7;1-18-16-19(2)32-27(37-8)23(18)17-31-13-9-10-24-25(28(34)35)21(4)26(39-24)20(3)22-11-14-33(15-12-22)29(36)38-30(5,6)7/h17,21,23,32H,10-16,18H2,1-9H3;16,20,22,31H,9-15,17H2,1-8H3,(H,34,35)/t21-;20-/m11/s1. The largest absolute Gasteiger partial charge is 0.481 e. The molecule has 0 spiro atoms. The maximum absolute atomic E-state index is 12.8. The molecule has 6 rings (SSSR count). The van der Waals surface area contributed by atoms with Crippen molar-refractivity contribution in [1.29, 1.82) is 0 Å². The van der Waals surface area contributed by atoms with Gasteiger partial charge in [0.1, 0.15) is 11.2 Å². The predicted octanol–water partition coefficient (Wildman–Crippen LogP) is 12.6. The lowest BCUT2D eigenvalue weighted by Gasteiger charge is -2.35. The number of amides is 2. The Kier molecular flexibility index (Phi) is 23.6. The van der Waals surface area contributed by atoms with Gasteiger partial charge in [-0.3, -0.25) is 0 Å². The summed E-state index contributed by atoms with van der Waals surface area (Å²) in [6.45, 7) is 33.5. The maximum atomic E-state index is 12.8. The normalized spacial score (nSPS) is 15.3. The van der Waals surface area contributed by atoms with E-state index in [0.29, 0.717) is 80.8 Å². The van der Waals surface area contributed by atoms with Gasteiger partial charge in [-0.1, -0.05) is 13.8 Å². The molecule has 4 aromatic heterocycles. The number of esters is 1. The fraction of sp³-hybridized carbons (Fsp3) is 0.639. The van der Waals surface area contributed by atoms with Crippen LogP contribution >= 0.6 is 22.7 Å². The number of hydrogen-bond donors (Lipinski definition) is 3. The van der Waals surface area contributed by atoms with Crippen LogP contribution in [0.15, 0.2) is 12.1 Å². The minimum Gasteiger partial charge on any atom is -0.481 e. The van der Waals surface area contributed by atoms with Crippen molar-refractivity contribution in [2.75, 3.05) is 60.6 Å². The molecule has 0 unspecified atom stereocenters. The van der Waals surface area contributed by atoms with E-state index in [9.17, 15) is 24.3 Å². The Morgan fingerprint density at radius 3 is 1.34 bits per heavy atom. The van der Waals surface area contributed by atoms with Crippen molar-refractivity contribution in [2.24, 2.45) is 11.8 Å². The molecule has 2 aliphatic rings. The number of aromatic carboxylic acids is 1. The summed E-state index contributed by atoms with van der Waals surface area (Å²) in [7, 11) is 4.74. The molecule has 0 aliphatic carbocycles. The van der Waals surface area contributed by atoms with Crippen LogP contribution in [0.3, 0.4) is 0 Å². The number of carboxylic acids is 1. The molecule has 16 nitrogen and oxygen atoms in total. The summed E-state index contributed by atoms with van der Waals surface area (Å²) in [5.74, 6) is 1.59. The monoisotopic (exact) mass is 1130 g/mol. The molecule has 2 atom stereocenters. The van der Waals surface area contributed by atoms with Gasteiger partial charge in [-0.15, -0.1) is 22.7 Å². The number of methoxy groups -OCH3 is 3. The predicted molar refractivity (Wildman–Crippen MR) is 315 cm³/mol. The SMILES string of the molecule is COC(=O)c1c(CCCNCc2c(C)cc(C)nc2OC)sc([C@H](C)C2CCN(C(=O)OC(C)(C)C)CC2)c1C.COc1nc(C)cc(C)c1CNCCCc1sc([C@H](C)C2CCN(C(=O)OC(C)(C)C)CC2)c(C)c1C(=O)O. The first-order chi connectivity index (χ1) is 37.2. The lowest BCUT2D eigenvalue weighted by Crippen LogP contribution is -2.42. The second kappa shape index (κ2) is 28.9. The molecule has 0 aromatic carbocycles. The van der Waals surface area contributed by atoms with Crippen molar-refractivity contribution in [2.45, 2.75) is 184 Å². The van der Waals surface area contributed by atoms with Crippen LogP contribution in [-0.2, 0) is 40.1 Å². The van der Waals surface area contributed by atoms with Crippen LogP contribution in [0.5, 0.6) is 11.8 Å². The number of piperidine rings is 2. The number of carboxylic acid groups (broad SMARTS) is 1. The number of thiophene rings is 2. The number of hydrogen-bond acceptors (Lipinski definition) is 15. The summed E-state index contributed by atoms with van der Waals surface area (Å²) in [6.07, 6.45) is 6.37. The molecule has 2 saturated heterocycles. The Bertz CT molecular complexity index is 2710. The molecular weight excluding hydrogens is 1040 g/mol. The Morgan fingerprint density at radius 1 is 0.633 bits per heavy atom. The third-order valence-electron chi connectivity index (χ3n) is 15.1. The van der Waals surface area contributed by atoms with Crippen LogP contribution in [0.1, 0.15) is 191 Å². The number of carbonyl (C=O) groups is 4. The van der Waals surface area contributed by atoms with Crippen LogP contribution in [-0.4, -0.2) is 121 Å². The Hall–Kier alpha value is -5.30. The van der Waals surface area contributed by atoms with E-state index in [0.717, 1.165) is 123 Å². The number of rotatable bonds is 20. The lowest BCUT2D eigenvalue weighted by atomic mass is 9.83. The Morgan fingerprint density at radius 2 is 1.00 bits per heavy atom. The minimum atomic E-state index is -0.851. The highest BCUT2D eigenvalue weighted by molar-refractivity contribution is 7.13. The number of nitrogens with one attached hydrogen (secondary N) is 2. The fourth-order valence-corrected chi connectivity index (χ4v) is 13.9. The van der Waals surface area contributed by atoms with Gasteiger partial charge in [0, 0.05) is 81.3 Å². The van der Waals surface area contributed by atoms with Crippen molar-refractivity contribution in [3.05, 3.63) is 87.5 Å². The van der Waals surface area contributed by atoms with Gasteiger partial charge in [-0.2, -0.15) is 0 Å². The molecule has 3 N–H and O–H groups in total. The fourth-order valence-electron chi connectivity index (χ4n) is 10.9. The van der Waals surface area contributed by atoms with Crippen LogP contribution in [0, 0.1) is 53.4 Å². The number of aromatic nitrogens is 2. The lowest BCUT2D eigenvalue weighted by molar-refractivity contribution is 0.0166. The molecule has 6 heterocycles. The number of pyridine rings is 2. The van der Waals surface area contributed by atoms with E-state index < -0.39 is 17.2 Å². The zero-order valence-electron chi connectivity index (χ0n) is 50.5. The number of nitrogens with zero attached hydrogens (tertiary/aromatic N) is 4. The summed E-state index contributed by atoms with van der Waals surface area (Å²) >= 11 is 3.40. The van der Waals surface area contributed by atoms with Gasteiger partial charge in [0.05, 0.1) is 32.5 Å². The molecule has 2 aliphatic heterocycles. The third-order valence-corrected chi connectivity index (χ3v) is 18.2. The van der Waals surface area contributed by atoms with E-state index >= 15 is 0 Å². The first-order valence-electron chi connectivity index (χ1n) is 28.1. The molecule has 2 amide bonds. The first kappa shape index (κ1) is 64.5. The average molecular weight is 1130 g/mol. The number of aryl methyl sites for hydroxylation is 6. The van der Waals surface area contributed by atoms with Crippen LogP contribution < -0.4 is 20.1 Å². The topological polar surface area (TPSA) is 191 Å². The van der Waals surface area contributed by atoms with Crippen LogP contribution in [0.4, 0.5) is 9.59 Å². The van der Waals surface area contributed by atoms with E-state index in [1.165, 1.54) is 12.0 Å². The third kappa shape index (κ3) is 17.8. The highest BCUT2D eigenvalue weighted by atomic mass is 32.1. The van der Waals surface area contributed by atoms with Crippen molar-refractivity contribution >= 4 is 46.8 Å². The molecule has 0 radical (unpaired) electrons. The maximum Gasteiger partial charge on any atom is 0.410 e. The van der Waals surface area contributed by atoms with Gasteiger partial charge >= 0.3 is 24.1 Å². The van der Waals surface area contributed by atoms with Crippen LogP contribution in [0.2, 0.25) is 0 Å². The quantitative estimate of drug-likeness (QED) is 0.0430. The van der Waals surface area contributed by atoms with Crippen molar-refractivity contribution < 1.29 is 48.0 Å². The number of carbonyl (C=O) groups excluding carboxylic acids is 3. The van der Waals surface area contributed by atoms with Gasteiger partial charge in [-0.25, -0.2) is 29.1 Å². The second-order valence-corrected chi connectivity index (χ2v) is 25.7. The minimum absolute atomic E-state index is 0.234. The highest BCUT2D eigenvalue weighted by Gasteiger charge is 2.35. The van der Waals surface area contributed by atoms with Gasteiger partial charge < -0.3 is 49.2 Å².